The molecule has 0 radical (unpaired) electrons. The van der Waals surface area contributed by atoms with E-state index in [2.05, 4.69) is 9.88 Å². The molecule has 2 aliphatic heterocycles. The van der Waals surface area contributed by atoms with Crippen LogP contribution in [0, 0.1) is 5.92 Å². The highest BCUT2D eigenvalue weighted by molar-refractivity contribution is 5.93. The Balaban J connectivity index is 1.12. The summed E-state index contributed by atoms with van der Waals surface area (Å²) in [6.07, 6.45) is 9.47. The van der Waals surface area contributed by atoms with Gasteiger partial charge in [-0.1, -0.05) is 12.8 Å². The quantitative estimate of drug-likeness (QED) is 0.265. The van der Waals surface area contributed by atoms with Crippen LogP contribution in [0.1, 0.15) is 37.7 Å². The van der Waals surface area contributed by atoms with Crippen molar-refractivity contribution in [3.8, 4) is 11.5 Å². The maximum absolute atomic E-state index is 13.8. The van der Waals surface area contributed by atoms with Crippen molar-refractivity contribution >= 4 is 28.7 Å². The van der Waals surface area contributed by atoms with Crippen LogP contribution in [-0.2, 0) is 22.6 Å². The van der Waals surface area contributed by atoms with Crippen LogP contribution in [0.5, 0.6) is 11.5 Å². The number of carbonyl (C=O) groups excluding carboxylic acids is 2. The fourth-order valence-corrected chi connectivity index (χ4v) is 6.40. The fraction of sp³-hybridized carbons (Fsp3) is 0.559. The Kier molecular flexibility index (Phi) is 9.75. The summed E-state index contributed by atoms with van der Waals surface area (Å²) in [5.74, 6) is 2.28. The number of carbonyl (C=O) groups is 2. The van der Waals surface area contributed by atoms with Crippen LogP contribution >= 0.6 is 0 Å². The molecule has 6 rings (SSSR count). The van der Waals surface area contributed by atoms with Crippen molar-refractivity contribution in [3.05, 3.63) is 48.3 Å². The first kappa shape index (κ1) is 31.2. The van der Waals surface area contributed by atoms with Crippen LogP contribution in [0.2, 0.25) is 0 Å². The average Bonchev–Trinajstić information content (AvgIpc) is 3.78. The normalized spacial score (nSPS) is 19.1. The number of amides is 3. The minimum absolute atomic E-state index is 0.0134. The lowest BCUT2D eigenvalue weighted by molar-refractivity contribution is -0.139. The number of likely N-dealkylation sites (N-methyl/N-ethyl adjacent to an activating group) is 1. The van der Waals surface area contributed by atoms with Crippen LogP contribution in [-0.4, -0.2) is 109 Å². The van der Waals surface area contributed by atoms with Gasteiger partial charge in [-0.3, -0.25) is 9.69 Å². The van der Waals surface area contributed by atoms with Crippen LogP contribution in [0.25, 0.3) is 11.0 Å². The second-order valence-corrected chi connectivity index (χ2v) is 12.7. The molecule has 1 aromatic carbocycles. The monoisotopic (exact) mass is 618 g/mol. The third kappa shape index (κ3) is 7.53. The minimum atomic E-state index is -0.0368. The summed E-state index contributed by atoms with van der Waals surface area (Å²) >= 11 is 0. The number of urea groups is 1. The van der Waals surface area contributed by atoms with Gasteiger partial charge in [0.25, 0.3) is 0 Å². The molecule has 3 aromatic rings. The number of ether oxygens (including phenoxy) is 3. The minimum Gasteiger partial charge on any atom is -0.493 e. The maximum Gasteiger partial charge on any atom is 0.324 e. The van der Waals surface area contributed by atoms with Gasteiger partial charge >= 0.3 is 6.03 Å². The van der Waals surface area contributed by atoms with Crippen LogP contribution < -0.4 is 14.4 Å². The smallest absolute Gasteiger partial charge is 0.324 e. The number of methoxy groups -OCH3 is 1. The molecule has 0 N–H and O–H groups in total. The van der Waals surface area contributed by atoms with E-state index in [9.17, 15) is 9.59 Å². The van der Waals surface area contributed by atoms with Crippen molar-refractivity contribution in [3.63, 3.8) is 0 Å². The first-order valence-electron chi connectivity index (χ1n) is 16.2. The maximum atomic E-state index is 13.8. The number of pyridine rings is 1. The van der Waals surface area contributed by atoms with Crippen molar-refractivity contribution in [2.24, 2.45) is 5.92 Å². The summed E-state index contributed by atoms with van der Waals surface area (Å²) in [6, 6.07) is 9.67. The molecule has 1 aliphatic carbocycles. The summed E-state index contributed by atoms with van der Waals surface area (Å²) < 4.78 is 19.4. The highest BCUT2D eigenvalue weighted by Crippen LogP contribution is 2.35. The van der Waals surface area contributed by atoms with Gasteiger partial charge in [0, 0.05) is 68.8 Å². The van der Waals surface area contributed by atoms with Gasteiger partial charge in [-0.15, -0.1) is 0 Å². The highest BCUT2D eigenvalue weighted by atomic mass is 16.5. The lowest BCUT2D eigenvalue weighted by Gasteiger charge is -2.36. The van der Waals surface area contributed by atoms with Gasteiger partial charge in [0.2, 0.25) is 5.91 Å². The zero-order valence-electron chi connectivity index (χ0n) is 26.8. The number of hydrogen-bond donors (Lipinski definition) is 0. The predicted octanol–water partition coefficient (Wildman–Crippen LogP) is 4.24. The van der Waals surface area contributed by atoms with Crippen LogP contribution in [0.3, 0.4) is 0 Å². The first-order valence-corrected chi connectivity index (χ1v) is 16.2. The molecule has 3 amide bonds. The van der Waals surface area contributed by atoms with Gasteiger partial charge in [0.1, 0.15) is 12.2 Å². The molecule has 4 heterocycles. The topological polar surface area (TPSA) is 92.6 Å². The summed E-state index contributed by atoms with van der Waals surface area (Å²) in [6.45, 7) is 5.14. The van der Waals surface area contributed by atoms with E-state index in [1.807, 2.05) is 69.9 Å². The van der Waals surface area contributed by atoms with Crippen LogP contribution in [0.4, 0.5) is 10.5 Å². The van der Waals surface area contributed by atoms with Crippen LogP contribution in [0.15, 0.2) is 42.7 Å². The molecule has 0 bridgehead atoms. The van der Waals surface area contributed by atoms with Crippen molar-refractivity contribution in [1.29, 1.82) is 0 Å². The van der Waals surface area contributed by atoms with E-state index in [1.165, 1.54) is 19.3 Å². The molecule has 242 valence electrons. The molecule has 1 saturated carbocycles. The van der Waals surface area contributed by atoms with E-state index >= 15 is 0 Å². The molecule has 2 saturated heterocycles. The molecular formula is C34H46N6O5. The van der Waals surface area contributed by atoms with Gasteiger partial charge < -0.3 is 33.5 Å². The SMILES string of the molecule is COc1ccc(N2CCCN(Cc3ccnc4c3ccn4CC(=O)N3CCOC(CN(C)C)C3)C2=O)cc1OCCCC1CC1. The fourth-order valence-electron chi connectivity index (χ4n) is 6.40. The Morgan fingerprint density at radius 2 is 1.98 bits per heavy atom. The summed E-state index contributed by atoms with van der Waals surface area (Å²) in [5, 5.41) is 0.953. The predicted molar refractivity (Wildman–Crippen MR) is 173 cm³/mol. The highest BCUT2D eigenvalue weighted by Gasteiger charge is 2.29. The standard InChI is InChI=1S/C34H46N6O5/c1-36(2)22-28-23-37(17-19-44-28)32(41)24-38-16-12-29-26(11-13-35-33(29)38)21-39-14-5-15-40(34(39)42)27-9-10-30(43-3)31(20-27)45-18-4-6-25-7-8-25/h9-13,16,20,25,28H,4-8,14-15,17-19,21-24H2,1-3H3. The summed E-state index contributed by atoms with van der Waals surface area (Å²) in [7, 11) is 5.66. The van der Waals surface area contributed by atoms with Gasteiger partial charge in [-0.05, 0) is 69.1 Å². The van der Waals surface area contributed by atoms with Gasteiger partial charge in [0.15, 0.2) is 11.5 Å². The van der Waals surface area contributed by atoms with E-state index in [1.54, 1.807) is 13.3 Å². The zero-order valence-corrected chi connectivity index (χ0v) is 26.8. The lowest BCUT2D eigenvalue weighted by atomic mass is 10.1. The Morgan fingerprint density at radius 3 is 2.78 bits per heavy atom. The first-order chi connectivity index (χ1) is 21.9. The molecule has 2 aromatic heterocycles. The molecule has 1 atom stereocenters. The Hall–Kier alpha value is -3.83. The molecule has 3 fully saturated rings. The van der Waals surface area contributed by atoms with E-state index < -0.39 is 0 Å². The van der Waals surface area contributed by atoms with Gasteiger partial charge in [0.05, 0.1) is 26.4 Å². The molecule has 3 aliphatic rings. The number of anilines is 1. The molecule has 0 spiro atoms. The Bertz CT molecular complexity index is 1490. The summed E-state index contributed by atoms with van der Waals surface area (Å²) in [4.78, 5) is 39.3. The van der Waals surface area contributed by atoms with Gasteiger partial charge in [-0.25, -0.2) is 9.78 Å². The molecule has 11 heteroatoms. The van der Waals surface area contributed by atoms with E-state index in [4.69, 9.17) is 14.2 Å². The molecule has 1 unspecified atom stereocenters. The number of benzene rings is 1. The van der Waals surface area contributed by atoms with Crippen molar-refractivity contribution < 1.29 is 23.8 Å². The molecular weight excluding hydrogens is 572 g/mol. The number of fused-ring (bicyclic) bond motifs is 1. The third-order valence-corrected chi connectivity index (χ3v) is 8.96. The molecule has 45 heavy (non-hydrogen) atoms. The number of rotatable bonds is 13. The Morgan fingerprint density at radius 1 is 1.11 bits per heavy atom. The number of nitrogens with zero attached hydrogens (tertiary/aromatic N) is 6. The zero-order chi connectivity index (χ0) is 31.3. The Labute approximate surface area is 265 Å². The third-order valence-electron chi connectivity index (χ3n) is 8.96. The van der Waals surface area contributed by atoms with E-state index in [0.717, 1.165) is 47.6 Å². The largest absolute Gasteiger partial charge is 0.493 e. The second-order valence-electron chi connectivity index (χ2n) is 12.7. The average molecular weight is 619 g/mol. The van der Waals surface area contributed by atoms with Crippen molar-refractivity contribution in [1.82, 2.24) is 24.3 Å². The second kappa shape index (κ2) is 14.1. The van der Waals surface area contributed by atoms with Crippen molar-refractivity contribution in [2.75, 3.05) is 72.0 Å². The molecule has 11 nitrogen and oxygen atoms in total. The van der Waals surface area contributed by atoms with Gasteiger partial charge in [-0.2, -0.15) is 0 Å². The van der Waals surface area contributed by atoms with Crippen molar-refractivity contribution in [2.45, 2.75) is 51.3 Å². The number of morpholine rings is 1. The summed E-state index contributed by atoms with van der Waals surface area (Å²) in [5.41, 5.74) is 2.57. The van der Waals surface area contributed by atoms with E-state index in [0.29, 0.717) is 57.4 Å². The number of hydrogen-bond acceptors (Lipinski definition) is 7. The lowest BCUT2D eigenvalue weighted by Crippen LogP contribution is -2.49. The number of aromatic nitrogens is 2. The van der Waals surface area contributed by atoms with E-state index in [-0.39, 0.29) is 24.6 Å².